The van der Waals surface area contributed by atoms with Gasteiger partial charge in [-0.3, -0.25) is 4.79 Å². The normalized spacial score (nSPS) is 10.4. The number of nitrogens with zero attached hydrogens (tertiary/aromatic N) is 1. The van der Waals surface area contributed by atoms with Gasteiger partial charge in [0.25, 0.3) is 5.56 Å². The molecule has 0 aliphatic heterocycles. The topological polar surface area (TPSA) is 56.6 Å². The lowest BCUT2D eigenvalue weighted by Crippen LogP contribution is -2.13. The lowest BCUT2D eigenvalue weighted by molar-refractivity contribution is 1.21. The molecule has 3 aromatic rings. The first kappa shape index (κ1) is 16.0. The van der Waals surface area contributed by atoms with Crippen molar-refractivity contribution in [1.29, 1.82) is 5.26 Å². The Hall–Kier alpha value is -2.83. The summed E-state index contributed by atoms with van der Waals surface area (Å²) in [6, 6.07) is 17.1. The van der Waals surface area contributed by atoms with Crippen molar-refractivity contribution in [3.8, 4) is 28.5 Å². The second kappa shape index (κ2) is 6.35. The van der Waals surface area contributed by atoms with E-state index in [-0.39, 0.29) is 5.56 Å². The number of aryl methyl sites for hydroxylation is 2. The number of aromatic amines is 1. The molecule has 0 atom stereocenters. The Bertz CT molecular complexity index is 1030. The second-order valence-corrected chi connectivity index (χ2v) is 6.18. The number of hydrogen-bond acceptors (Lipinski definition) is 2. The number of hydrogen-bond donors (Lipinski definition) is 1. The molecule has 0 aliphatic carbocycles. The molecule has 1 N–H and O–H groups in total. The fraction of sp³-hybridized carbons (Fsp3) is 0.100. The van der Waals surface area contributed by atoms with Gasteiger partial charge in [0.15, 0.2) is 0 Å². The van der Waals surface area contributed by atoms with E-state index in [1.54, 1.807) is 18.2 Å². The maximum absolute atomic E-state index is 12.4. The van der Waals surface area contributed by atoms with Crippen LogP contribution >= 0.6 is 11.6 Å². The van der Waals surface area contributed by atoms with Crippen LogP contribution in [0.5, 0.6) is 0 Å². The van der Waals surface area contributed by atoms with E-state index in [9.17, 15) is 10.1 Å². The molecule has 3 rings (SSSR count). The summed E-state index contributed by atoms with van der Waals surface area (Å²) in [5, 5.41) is 9.95. The Kier molecular flexibility index (Phi) is 4.24. The Morgan fingerprint density at radius 3 is 2.54 bits per heavy atom. The summed E-state index contributed by atoms with van der Waals surface area (Å²) in [5.74, 6) is 0. The highest BCUT2D eigenvalue weighted by molar-refractivity contribution is 6.30. The summed E-state index contributed by atoms with van der Waals surface area (Å²) in [6.07, 6.45) is 0. The molecular weight excluding hydrogens is 320 g/mol. The van der Waals surface area contributed by atoms with Crippen LogP contribution in [0, 0.1) is 25.2 Å². The minimum absolute atomic E-state index is 0.0892. The van der Waals surface area contributed by atoms with Crippen molar-refractivity contribution in [3.05, 3.63) is 80.6 Å². The third-order valence-corrected chi connectivity index (χ3v) is 4.20. The van der Waals surface area contributed by atoms with Gasteiger partial charge < -0.3 is 4.98 Å². The third-order valence-electron chi connectivity index (χ3n) is 3.96. The maximum Gasteiger partial charge on any atom is 0.266 e. The van der Waals surface area contributed by atoms with Crippen molar-refractivity contribution in [2.75, 3.05) is 0 Å². The lowest BCUT2D eigenvalue weighted by Gasteiger charge is -2.11. The van der Waals surface area contributed by atoms with E-state index in [4.69, 9.17) is 11.6 Å². The number of nitrogens with one attached hydrogen (secondary N) is 1. The molecule has 0 unspecified atom stereocenters. The fourth-order valence-corrected chi connectivity index (χ4v) is 2.92. The average Bonchev–Trinajstić information content (AvgIpc) is 2.56. The van der Waals surface area contributed by atoms with Crippen molar-refractivity contribution < 1.29 is 0 Å². The molecule has 1 heterocycles. The smallest absolute Gasteiger partial charge is 0.266 e. The van der Waals surface area contributed by atoms with Crippen LogP contribution in [-0.4, -0.2) is 4.98 Å². The Labute approximate surface area is 145 Å². The van der Waals surface area contributed by atoms with Gasteiger partial charge in [0, 0.05) is 21.8 Å². The first-order valence-corrected chi connectivity index (χ1v) is 7.88. The van der Waals surface area contributed by atoms with Crippen LogP contribution in [0.2, 0.25) is 5.02 Å². The molecule has 1 aromatic heterocycles. The standard InChI is InChI=1S/C20H15ClN2O/c1-12-6-7-13(2)16(8-12)19-10-17(18(11-22)20(24)23-19)14-4-3-5-15(21)9-14/h3-10H,1-2H3,(H,23,24). The molecule has 0 radical (unpaired) electrons. The number of aromatic nitrogens is 1. The van der Waals surface area contributed by atoms with Crippen LogP contribution in [0.25, 0.3) is 22.4 Å². The van der Waals surface area contributed by atoms with E-state index in [0.29, 0.717) is 16.3 Å². The van der Waals surface area contributed by atoms with Crippen LogP contribution in [0.15, 0.2) is 53.3 Å². The summed E-state index contributed by atoms with van der Waals surface area (Å²) in [7, 11) is 0. The van der Waals surface area contributed by atoms with Gasteiger partial charge in [-0.15, -0.1) is 0 Å². The van der Waals surface area contributed by atoms with Gasteiger partial charge in [0.05, 0.1) is 0 Å². The van der Waals surface area contributed by atoms with Crippen molar-refractivity contribution in [2.45, 2.75) is 13.8 Å². The van der Waals surface area contributed by atoms with Crippen LogP contribution in [0.1, 0.15) is 16.7 Å². The molecule has 0 saturated carbocycles. The molecule has 0 fully saturated rings. The van der Waals surface area contributed by atoms with Crippen LogP contribution in [0.4, 0.5) is 0 Å². The number of nitriles is 1. The average molecular weight is 335 g/mol. The number of rotatable bonds is 2. The van der Waals surface area contributed by atoms with Crippen molar-refractivity contribution in [3.63, 3.8) is 0 Å². The minimum atomic E-state index is -0.397. The van der Waals surface area contributed by atoms with E-state index in [1.165, 1.54) is 0 Å². The molecule has 0 saturated heterocycles. The van der Waals surface area contributed by atoms with E-state index >= 15 is 0 Å². The number of benzene rings is 2. The first-order chi connectivity index (χ1) is 11.5. The molecule has 2 aromatic carbocycles. The van der Waals surface area contributed by atoms with E-state index in [1.807, 2.05) is 50.2 Å². The monoisotopic (exact) mass is 334 g/mol. The minimum Gasteiger partial charge on any atom is -0.321 e. The SMILES string of the molecule is Cc1ccc(C)c(-c2cc(-c3cccc(Cl)c3)c(C#N)c(=O)[nH]2)c1. The highest BCUT2D eigenvalue weighted by Gasteiger charge is 2.13. The van der Waals surface area contributed by atoms with Gasteiger partial charge in [-0.1, -0.05) is 41.4 Å². The van der Waals surface area contributed by atoms with Crippen LogP contribution < -0.4 is 5.56 Å². The quantitative estimate of drug-likeness (QED) is 0.728. The molecule has 0 amide bonds. The summed E-state index contributed by atoms with van der Waals surface area (Å²) in [5.41, 5.74) is 4.81. The zero-order valence-electron chi connectivity index (χ0n) is 13.4. The molecule has 4 heteroatoms. The predicted octanol–water partition coefficient (Wildman–Crippen LogP) is 4.85. The van der Waals surface area contributed by atoms with Crippen molar-refractivity contribution in [1.82, 2.24) is 4.98 Å². The van der Waals surface area contributed by atoms with Crippen molar-refractivity contribution in [2.24, 2.45) is 0 Å². The predicted molar refractivity (Wildman–Crippen MR) is 97.1 cm³/mol. The number of halogens is 1. The van der Waals surface area contributed by atoms with Crippen molar-refractivity contribution >= 4 is 11.6 Å². The van der Waals surface area contributed by atoms with Gasteiger partial charge in [0.2, 0.25) is 0 Å². The zero-order valence-corrected chi connectivity index (χ0v) is 14.1. The molecule has 24 heavy (non-hydrogen) atoms. The molecule has 0 aliphatic rings. The van der Waals surface area contributed by atoms with Gasteiger partial charge in [-0.2, -0.15) is 5.26 Å². The van der Waals surface area contributed by atoms with Gasteiger partial charge >= 0.3 is 0 Å². The van der Waals surface area contributed by atoms with E-state index in [0.717, 1.165) is 22.3 Å². The first-order valence-electron chi connectivity index (χ1n) is 7.50. The highest BCUT2D eigenvalue weighted by Crippen LogP contribution is 2.29. The fourth-order valence-electron chi connectivity index (χ4n) is 2.73. The zero-order chi connectivity index (χ0) is 17.3. The molecule has 3 nitrogen and oxygen atoms in total. The second-order valence-electron chi connectivity index (χ2n) is 5.74. The van der Waals surface area contributed by atoms with Gasteiger partial charge in [0.1, 0.15) is 11.6 Å². The Morgan fingerprint density at radius 1 is 1.04 bits per heavy atom. The summed E-state index contributed by atoms with van der Waals surface area (Å²) < 4.78 is 0. The molecule has 0 bridgehead atoms. The highest BCUT2D eigenvalue weighted by atomic mass is 35.5. The number of pyridine rings is 1. The van der Waals surface area contributed by atoms with Crippen LogP contribution in [-0.2, 0) is 0 Å². The summed E-state index contributed by atoms with van der Waals surface area (Å²) in [4.78, 5) is 15.2. The van der Waals surface area contributed by atoms with Gasteiger partial charge in [-0.25, -0.2) is 0 Å². The van der Waals surface area contributed by atoms with E-state index < -0.39 is 5.56 Å². The lowest BCUT2D eigenvalue weighted by atomic mass is 9.97. The summed E-state index contributed by atoms with van der Waals surface area (Å²) in [6.45, 7) is 3.99. The van der Waals surface area contributed by atoms with Crippen LogP contribution in [0.3, 0.4) is 0 Å². The third kappa shape index (κ3) is 2.97. The van der Waals surface area contributed by atoms with Gasteiger partial charge in [-0.05, 0) is 49.2 Å². The summed E-state index contributed by atoms with van der Waals surface area (Å²) >= 11 is 6.06. The molecular formula is C20H15ClN2O. The Morgan fingerprint density at radius 2 is 1.83 bits per heavy atom. The largest absolute Gasteiger partial charge is 0.321 e. The maximum atomic E-state index is 12.4. The molecule has 0 spiro atoms. The number of H-pyrrole nitrogens is 1. The Balaban J connectivity index is 2.30. The van der Waals surface area contributed by atoms with E-state index in [2.05, 4.69) is 4.98 Å². The molecule has 118 valence electrons.